The molecule has 2 heterocycles. The van der Waals surface area contributed by atoms with Crippen LogP contribution in [0.2, 0.25) is 5.02 Å². The van der Waals surface area contributed by atoms with Gasteiger partial charge in [0, 0.05) is 23.2 Å². The Hall–Kier alpha value is -3.12. The molecule has 4 rings (SSSR count). The number of fused-ring (bicyclic) bond motifs is 1. The van der Waals surface area contributed by atoms with E-state index in [-0.39, 0.29) is 0 Å². The molecule has 2 aromatic heterocycles. The molecule has 7 heteroatoms. The molecule has 0 bridgehead atoms. The average Bonchev–Trinajstić information content (AvgIpc) is 3.14. The molecule has 0 radical (unpaired) electrons. The summed E-state index contributed by atoms with van der Waals surface area (Å²) in [5.41, 5.74) is 2.66. The van der Waals surface area contributed by atoms with Gasteiger partial charge in [-0.05, 0) is 23.8 Å². The van der Waals surface area contributed by atoms with Crippen LogP contribution in [-0.4, -0.2) is 20.2 Å². The highest BCUT2D eigenvalue weighted by molar-refractivity contribution is 6.31. The monoisotopic (exact) mass is 350 g/mol. The van der Waals surface area contributed by atoms with Crippen LogP contribution in [0.5, 0.6) is 0 Å². The van der Waals surface area contributed by atoms with E-state index in [4.69, 9.17) is 11.6 Å². The zero-order valence-electron chi connectivity index (χ0n) is 13.2. The maximum atomic E-state index is 6.24. The fraction of sp³-hybridized carbons (Fsp3) is 0.0556. The van der Waals surface area contributed by atoms with E-state index >= 15 is 0 Å². The largest absolute Gasteiger partial charge is 0.365 e. The molecular weight excluding hydrogens is 336 g/mol. The minimum absolute atomic E-state index is 0.502. The van der Waals surface area contributed by atoms with E-state index in [2.05, 4.69) is 30.8 Å². The van der Waals surface area contributed by atoms with Crippen molar-refractivity contribution in [3.63, 3.8) is 0 Å². The Morgan fingerprint density at radius 3 is 2.68 bits per heavy atom. The van der Waals surface area contributed by atoms with Crippen molar-refractivity contribution >= 4 is 40.0 Å². The third-order valence-electron chi connectivity index (χ3n) is 3.76. The molecule has 6 nitrogen and oxygen atoms in total. The van der Waals surface area contributed by atoms with Gasteiger partial charge in [0.25, 0.3) is 0 Å². The number of hydrogen-bond donors (Lipinski definition) is 3. The summed E-state index contributed by atoms with van der Waals surface area (Å²) in [5, 5.41) is 14.9. The molecule has 0 saturated heterocycles. The Bertz CT molecular complexity index is 1000. The fourth-order valence-electron chi connectivity index (χ4n) is 2.54. The molecule has 0 saturated carbocycles. The Kier molecular flexibility index (Phi) is 4.18. The lowest BCUT2D eigenvalue weighted by atomic mass is 10.2. The number of nitrogens with one attached hydrogen (secondary N) is 3. The molecule has 0 aliphatic heterocycles. The Morgan fingerprint density at radius 2 is 1.84 bits per heavy atom. The van der Waals surface area contributed by atoms with Gasteiger partial charge in [-0.25, -0.2) is 4.98 Å². The summed E-state index contributed by atoms with van der Waals surface area (Å²) in [6, 6.07) is 15.6. The quantitative estimate of drug-likeness (QED) is 0.498. The van der Waals surface area contributed by atoms with Crippen LogP contribution in [0.1, 0.15) is 5.56 Å². The van der Waals surface area contributed by atoms with Crippen molar-refractivity contribution in [1.82, 2.24) is 20.2 Å². The highest BCUT2D eigenvalue weighted by Gasteiger charge is 2.09. The zero-order valence-corrected chi connectivity index (χ0v) is 14.0. The van der Waals surface area contributed by atoms with Crippen molar-refractivity contribution in [3.05, 3.63) is 71.5 Å². The van der Waals surface area contributed by atoms with Crippen molar-refractivity contribution in [1.29, 1.82) is 0 Å². The van der Waals surface area contributed by atoms with Gasteiger partial charge in [-0.1, -0.05) is 41.9 Å². The molecule has 0 fully saturated rings. The summed E-state index contributed by atoms with van der Waals surface area (Å²) in [4.78, 5) is 9.16. The van der Waals surface area contributed by atoms with E-state index in [1.165, 1.54) is 0 Å². The molecule has 0 unspecified atom stereocenters. The zero-order chi connectivity index (χ0) is 17.1. The van der Waals surface area contributed by atoms with Crippen molar-refractivity contribution < 1.29 is 0 Å². The molecule has 0 aliphatic carbocycles. The van der Waals surface area contributed by atoms with Gasteiger partial charge < -0.3 is 10.6 Å². The Balaban J connectivity index is 1.67. The first kappa shape index (κ1) is 15.4. The molecule has 3 N–H and O–H groups in total. The van der Waals surface area contributed by atoms with Gasteiger partial charge in [0.15, 0.2) is 0 Å². The van der Waals surface area contributed by atoms with Crippen molar-refractivity contribution in [2.24, 2.45) is 0 Å². The predicted molar refractivity (Wildman–Crippen MR) is 100 cm³/mol. The van der Waals surface area contributed by atoms with Gasteiger partial charge >= 0.3 is 0 Å². The molecule has 0 aliphatic rings. The number of halogens is 1. The van der Waals surface area contributed by atoms with Gasteiger partial charge in [0.2, 0.25) is 5.95 Å². The molecule has 25 heavy (non-hydrogen) atoms. The number of benzene rings is 2. The summed E-state index contributed by atoms with van der Waals surface area (Å²) in [5.74, 6) is 1.25. The normalized spacial score (nSPS) is 10.8. The highest BCUT2D eigenvalue weighted by Crippen LogP contribution is 2.24. The van der Waals surface area contributed by atoms with E-state index < -0.39 is 0 Å². The number of rotatable bonds is 5. The van der Waals surface area contributed by atoms with Gasteiger partial charge in [-0.15, -0.1) is 0 Å². The van der Waals surface area contributed by atoms with E-state index in [1.54, 1.807) is 12.4 Å². The second-order valence-electron chi connectivity index (χ2n) is 5.47. The lowest BCUT2D eigenvalue weighted by Gasteiger charge is -2.12. The molecular formula is C18H15ClN6. The first-order valence-electron chi connectivity index (χ1n) is 7.79. The first-order chi connectivity index (χ1) is 12.3. The third-order valence-corrected chi connectivity index (χ3v) is 4.13. The van der Waals surface area contributed by atoms with E-state index in [0.717, 1.165) is 33.0 Å². The summed E-state index contributed by atoms with van der Waals surface area (Å²) in [6.07, 6.45) is 3.42. The van der Waals surface area contributed by atoms with Gasteiger partial charge in [-0.2, -0.15) is 10.1 Å². The standard InChI is InChI=1S/C18H15ClN6/c19-15-7-3-1-5-12(15)9-20-17-14-6-2-4-8-16(14)24-18(25-17)23-13-10-21-22-11-13/h1-8,10-11H,9H2,(H,21,22)(H2,20,23,24,25). The van der Waals surface area contributed by atoms with Gasteiger partial charge in [0.1, 0.15) is 5.82 Å². The lowest BCUT2D eigenvalue weighted by Crippen LogP contribution is -2.06. The number of para-hydroxylation sites is 1. The topological polar surface area (TPSA) is 78.5 Å². The van der Waals surface area contributed by atoms with Crippen LogP contribution in [0, 0.1) is 0 Å². The molecule has 124 valence electrons. The number of nitrogens with zero attached hydrogens (tertiary/aromatic N) is 3. The van der Waals surface area contributed by atoms with Crippen LogP contribution < -0.4 is 10.6 Å². The number of aromatic nitrogens is 4. The highest BCUT2D eigenvalue weighted by atomic mass is 35.5. The predicted octanol–water partition coefficient (Wildman–Crippen LogP) is 4.36. The number of H-pyrrole nitrogens is 1. The Morgan fingerprint density at radius 1 is 1.00 bits per heavy atom. The van der Waals surface area contributed by atoms with Gasteiger partial charge in [0.05, 0.1) is 17.4 Å². The van der Waals surface area contributed by atoms with Crippen molar-refractivity contribution in [2.45, 2.75) is 6.54 Å². The second kappa shape index (κ2) is 6.78. The van der Waals surface area contributed by atoms with Crippen LogP contribution in [-0.2, 0) is 6.54 Å². The maximum absolute atomic E-state index is 6.24. The van der Waals surface area contributed by atoms with Crippen LogP contribution in [0.3, 0.4) is 0 Å². The number of hydrogen-bond acceptors (Lipinski definition) is 5. The van der Waals surface area contributed by atoms with Crippen LogP contribution in [0.15, 0.2) is 60.9 Å². The van der Waals surface area contributed by atoms with Crippen molar-refractivity contribution in [3.8, 4) is 0 Å². The Labute approximate surface area is 149 Å². The van der Waals surface area contributed by atoms with Crippen molar-refractivity contribution in [2.75, 3.05) is 10.6 Å². The second-order valence-corrected chi connectivity index (χ2v) is 5.88. The van der Waals surface area contributed by atoms with Crippen LogP contribution >= 0.6 is 11.6 Å². The minimum atomic E-state index is 0.502. The smallest absolute Gasteiger partial charge is 0.229 e. The first-order valence-corrected chi connectivity index (χ1v) is 8.17. The summed E-state index contributed by atoms with van der Waals surface area (Å²) < 4.78 is 0. The summed E-state index contributed by atoms with van der Waals surface area (Å²) >= 11 is 6.24. The van der Waals surface area contributed by atoms with Crippen LogP contribution in [0.25, 0.3) is 10.9 Å². The fourth-order valence-corrected chi connectivity index (χ4v) is 2.74. The van der Waals surface area contributed by atoms with E-state index in [1.807, 2.05) is 48.5 Å². The summed E-state index contributed by atoms with van der Waals surface area (Å²) in [6.45, 7) is 0.575. The maximum Gasteiger partial charge on any atom is 0.229 e. The third kappa shape index (κ3) is 3.39. The molecule has 0 amide bonds. The molecule has 0 atom stereocenters. The molecule has 4 aromatic rings. The van der Waals surface area contributed by atoms with Gasteiger partial charge in [-0.3, -0.25) is 5.10 Å². The van der Waals surface area contributed by atoms with E-state index in [0.29, 0.717) is 12.5 Å². The molecule has 0 spiro atoms. The van der Waals surface area contributed by atoms with E-state index in [9.17, 15) is 0 Å². The van der Waals surface area contributed by atoms with Crippen LogP contribution in [0.4, 0.5) is 17.5 Å². The SMILES string of the molecule is Clc1ccccc1CNc1nc(Nc2cn[nH]c2)nc2ccccc12. The number of anilines is 3. The summed E-state index contributed by atoms with van der Waals surface area (Å²) in [7, 11) is 0. The molecule has 2 aromatic carbocycles. The minimum Gasteiger partial charge on any atom is -0.365 e. The lowest BCUT2D eigenvalue weighted by molar-refractivity contribution is 1.09. The average molecular weight is 351 g/mol. The number of aromatic amines is 1.